The molecule has 3 rings (SSSR count). The fourth-order valence-corrected chi connectivity index (χ4v) is 3.65. The second-order valence-corrected chi connectivity index (χ2v) is 7.05. The van der Waals surface area contributed by atoms with Crippen LogP contribution in [0.25, 0.3) is 0 Å². The maximum Gasteiger partial charge on any atom is 0.317 e. The first kappa shape index (κ1) is 16.8. The Morgan fingerprint density at radius 2 is 2.04 bits per heavy atom. The van der Waals surface area contributed by atoms with Crippen molar-refractivity contribution >= 4 is 11.9 Å². The molecule has 24 heavy (non-hydrogen) atoms. The smallest absolute Gasteiger partial charge is 0.317 e. The van der Waals surface area contributed by atoms with Crippen LogP contribution in [-0.4, -0.2) is 47.9 Å². The third kappa shape index (κ3) is 4.08. The van der Waals surface area contributed by atoms with Crippen LogP contribution in [0.2, 0.25) is 0 Å². The summed E-state index contributed by atoms with van der Waals surface area (Å²) >= 11 is 0. The van der Waals surface area contributed by atoms with Crippen molar-refractivity contribution in [2.24, 2.45) is 5.92 Å². The topological polar surface area (TPSA) is 52.7 Å². The Kier molecular flexibility index (Phi) is 5.38. The van der Waals surface area contributed by atoms with Crippen LogP contribution in [-0.2, 0) is 4.79 Å². The molecule has 0 radical (unpaired) electrons. The van der Waals surface area contributed by atoms with E-state index in [9.17, 15) is 9.59 Å². The molecule has 0 aromatic heterocycles. The summed E-state index contributed by atoms with van der Waals surface area (Å²) in [6, 6.07) is 9.79. The van der Waals surface area contributed by atoms with Gasteiger partial charge in [-0.15, -0.1) is 0 Å². The number of carbonyl (C=O) groups is 2. The van der Waals surface area contributed by atoms with E-state index in [4.69, 9.17) is 0 Å². The zero-order valence-electron chi connectivity index (χ0n) is 14.4. The van der Waals surface area contributed by atoms with Gasteiger partial charge in [-0.05, 0) is 30.7 Å². The van der Waals surface area contributed by atoms with Crippen LogP contribution < -0.4 is 5.32 Å². The van der Waals surface area contributed by atoms with Crippen molar-refractivity contribution in [3.8, 4) is 0 Å². The standard InChI is InChI=1S/C19H27N3O2/c1-15-7-5-12-22(13-15)19(24)20-17(16-8-3-2-4-9-16)14-21-11-6-10-18(21)23/h2-4,8-9,15,17H,5-7,10-14H2,1H3,(H,20,24)/t15-,17-/m0/s1. The van der Waals surface area contributed by atoms with Crippen molar-refractivity contribution in [2.75, 3.05) is 26.2 Å². The third-order valence-corrected chi connectivity index (χ3v) is 5.02. The fraction of sp³-hybridized carbons (Fsp3) is 0.579. The summed E-state index contributed by atoms with van der Waals surface area (Å²) in [7, 11) is 0. The number of piperidine rings is 1. The highest BCUT2D eigenvalue weighted by Crippen LogP contribution is 2.20. The number of rotatable bonds is 4. The fourth-order valence-electron chi connectivity index (χ4n) is 3.65. The Hall–Kier alpha value is -2.04. The molecule has 0 bridgehead atoms. The Morgan fingerprint density at radius 3 is 2.71 bits per heavy atom. The van der Waals surface area contributed by atoms with E-state index in [2.05, 4.69) is 12.2 Å². The molecule has 5 heteroatoms. The molecule has 2 saturated heterocycles. The average molecular weight is 329 g/mol. The zero-order chi connectivity index (χ0) is 16.9. The highest BCUT2D eigenvalue weighted by Gasteiger charge is 2.27. The van der Waals surface area contributed by atoms with Crippen LogP contribution in [0.15, 0.2) is 30.3 Å². The summed E-state index contributed by atoms with van der Waals surface area (Å²) in [5.41, 5.74) is 1.05. The van der Waals surface area contributed by atoms with Gasteiger partial charge in [0.15, 0.2) is 0 Å². The van der Waals surface area contributed by atoms with E-state index in [0.717, 1.165) is 38.0 Å². The second-order valence-electron chi connectivity index (χ2n) is 7.05. The molecular weight excluding hydrogens is 302 g/mol. The van der Waals surface area contributed by atoms with Gasteiger partial charge >= 0.3 is 6.03 Å². The molecule has 130 valence electrons. The Bertz CT molecular complexity index is 575. The number of likely N-dealkylation sites (tertiary alicyclic amines) is 2. The molecule has 2 heterocycles. The molecule has 3 amide bonds. The maximum absolute atomic E-state index is 12.7. The Labute approximate surface area is 144 Å². The lowest BCUT2D eigenvalue weighted by Crippen LogP contribution is -2.48. The van der Waals surface area contributed by atoms with Crippen molar-refractivity contribution in [1.29, 1.82) is 0 Å². The van der Waals surface area contributed by atoms with Gasteiger partial charge in [-0.2, -0.15) is 0 Å². The minimum Gasteiger partial charge on any atom is -0.340 e. The molecular formula is C19H27N3O2. The lowest BCUT2D eigenvalue weighted by atomic mass is 10.0. The average Bonchev–Trinajstić information content (AvgIpc) is 3.00. The molecule has 1 N–H and O–H groups in total. The first-order chi connectivity index (χ1) is 11.6. The molecule has 5 nitrogen and oxygen atoms in total. The van der Waals surface area contributed by atoms with Crippen LogP contribution in [0.4, 0.5) is 4.79 Å². The van der Waals surface area contributed by atoms with E-state index in [-0.39, 0.29) is 18.0 Å². The van der Waals surface area contributed by atoms with E-state index in [1.807, 2.05) is 40.1 Å². The third-order valence-electron chi connectivity index (χ3n) is 5.02. The molecule has 0 saturated carbocycles. The maximum atomic E-state index is 12.7. The summed E-state index contributed by atoms with van der Waals surface area (Å²) in [6.45, 7) is 5.17. The number of hydrogen-bond donors (Lipinski definition) is 1. The number of amides is 3. The summed E-state index contributed by atoms with van der Waals surface area (Å²) in [5, 5.41) is 3.16. The summed E-state index contributed by atoms with van der Waals surface area (Å²) in [4.78, 5) is 28.5. The molecule has 0 unspecified atom stereocenters. The van der Waals surface area contributed by atoms with Crippen molar-refractivity contribution in [1.82, 2.24) is 15.1 Å². The first-order valence-corrected chi connectivity index (χ1v) is 9.01. The second kappa shape index (κ2) is 7.69. The van der Waals surface area contributed by atoms with Gasteiger partial charge in [-0.25, -0.2) is 4.79 Å². The van der Waals surface area contributed by atoms with E-state index < -0.39 is 0 Å². The molecule has 2 aliphatic rings. The van der Waals surface area contributed by atoms with Gasteiger partial charge in [0, 0.05) is 32.6 Å². The number of nitrogens with zero attached hydrogens (tertiary/aromatic N) is 2. The van der Waals surface area contributed by atoms with Crippen molar-refractivity contribution < 1.29 is 9.59 Å². The Morgan fingerprint density at radius 1 is 1.25 bits per heavy atom. The molecule has 1 aromatic carbocycles. The first-order valence-electron chi connectivity index (χ1n) is 9.01. The zero-order valence-corrected chi connectivity index (χ0v) is 14.4. The summed E-state index contributed by atoms with van der Waals surface area (Å²) < 4.78 is 0. The number of hydrogen-bond acceptors (Lipinski definition) is 2. The van der Waals surface area contributed by atoms with Crippen molar-refractivity contribution in [3.05, 3.63) is 35.9 Å². The molecule has 1 aromatic rings. The van der Waals surface area contributed by atoms with Gasteiger partial charge in [0.2, 0.25) is 5.91 Å². The normalized spacial score (nSPS) is 22.5. The summed E-state index contributed by atoms with van der Waals surface area (Å²) in [5.74, 6) is 0.747. The largest absolute Gasteiger partial charge is 0.340 e. The van der Waals surface area contributed by atoms with Gasteiger partial charge in [0.25, 0.3) is 0 Å². The van der Waals surface area contributed by atoms with Gasteiger partial charge in [0.05, 0.1) is 6.04 Å². The van der Waals surface area contributed by atoms with Gasteiger partial charge < -0.3 is 15.1 Å². The molecule has 2 fully saturated rings. The van der Waals surface area contributed by atoms with Gasteiger partial charge in [-0.3, -0.25) is 4.79 Å². The van der Waals surface area contributed by atoms with E-state index in [1.165, 1.54) is 6.42 Å². The summed E-state index contributed by atoms with van der Waals surface area (Å²) in [6.07, 6.45) is 3.79. The number of nitrogens with one attached hydrogen (secondary N) is 1. The van der Waals surface area contributed by atoms with E-state index in [0.29, 0.717) is 18.9 Å². The highest BCUT2D eigenvalue weighted by atomic mass is 16.2. The molecule has 0 aliphatic carbocycles. The van der Waals surface area contributed by atoms with Crippen molar-refractivity contribution in [3.63, 3.8) is 0 Å². The predicted octanol–water partition coefficient (Wildman–Crippen LogP) is 2.79. The molecule has 2 aliphatic heterocycles. The Balaban J connectivity index is 1.69. The van der Waals surface area contributed by atoms with E-state index in [1.54, 1.807) is 0 Å². The predicted molar refractivity (Wildman–Crippen MR) is 93.5 cm³/mol. The SMILES string of the molecule is C[C@H]1CCCN(C(=O)N[C@@H](CN2CCCC2=O)c2ccccc2)C1. The molecule has 0 spiro atoms. The number of benzene rings is 1. The van der Waals surface area contributed by atoms with Crippen LogP contribution in [0.1, 0.15) is 44.2 Å². The van der Waals surface area contributed by atoms with Crippen LogP contribution in [0.5, 0.6) is 0 Å². The monoisotopic (exact) mass is 329 g/mol. The lowest BCUT2D eigenvalue weighted by molar-refractivity contribution is -0.128. The minimum atomic E-state index is -0.155. The van der Waals surface area contributed by atoms with Crippen LogP contribution >= 0.6 is 0 Å². The van der Waals surface area contributed by atoms with Crippen LogP contribution in [0.3, 0.4) is 0 Å². The minimum absolute atomic E-state index is 0.0120. The quantitative estimate of drug-likeness (QED) is 0.923. The lowest BCUT2D eigenvalue weighted by Gasteiger charge is -2.33. The van der Waals surface area contributed by atoms with Gasteiger partial charge in [-0.1, -0.05) is 37.3 Å². The van der Waals surface area contributed by atoms with Crippen LogP contribution in [0, 0.1) is 5.92 Å². The number of urea groups is 1. The number of carbonyl (C=O) groups excluding carboxylic acids is 2. The highest BCUT2D eigenvalue weighted by molar-refractivity contribution is 5.78. The van der Waals surface area contributed by atoms with Crippen molar-refractivity contribution in [2.45, 2.75) is 38.6 Å². The molecule has 2 atom stereocenters. The van der Waals surface area contributed by atoms with E-state index >= 15 is 0 Å². The van der Waals surface area contributed by atoms with Gasteiger partial charge in [0.1, 0.15) is 0 Å².